The largest absolute Gasteiger partial charge is 0.387 e. The molecule has 0 aromatic heterocycles. The van der Waals surface area contributed by atoms with E-state index in [9.17, 15) is 34.8 Å². The molecule has 108 valence electrons. The Morgan fingerprint density at radius 2 is 1.47 bits per heavy atom. The van der Waals surface area contributed by atoms with Gasteiger partial charge < -0.3 is 25.2 Å². The first-order chi connectivity index (χ1) is 8.46. The van der Waals surface area contributed by atoms with E-state index in [0.29, 0.717) is 0 Å². The van der Waals surface area contributed by atoms with Gasteiger partial charge in [0.05, 0.1) is 6.61 Å². The van der Waals surface area contributed by atoms with Gasteiger partial charge in [0.25, 0.3) is 5.79 Å². The molecule has 1 fully saturated rings. The van der Waals surface area contributed by atoms with Gasteiger partial charge in [-0.15, -0.1) is 0 Å². The van der Waals surface area contributed by atoms with E-state index in [1.54, 1.807) is 0 Å². The van der Waals surface area contributed by atoms with E-state index in [1.807, 2.05) is 0 Å². The number of ketones is 3. The zero-order valence-electron chi connectivity index (χ0n) is 10.7. The highest BCUT2D eigenvalue weighted by Crippen LogP contribution is 2.42. The molecule has 1 aliphatic rings. The zero-order valence-corrected chi connectivity index (χ0v) is 10.7. The highest BCUT2D eigenvalue weighted by Gasteiger charge is 2.75. The van der Waals surface area contributed by atoms with Crippen LogP contribution in [0.25, 0.3) is 0 Å². The lowest BCUT2D eigenvalue weighted by Gasteiger charge is -2.53. The third-order valence-corrected chi connectivity index (χ3v) is 3.50. The molecule has 0 bridgehead atoms. The van der Waals surface area contributed by atoms with Gasteiger partial charge in [-0.1, -0.05) is 0 Å². The lowest BCUT2D eigenvalue weighted by molar-refractivity contribution is -0.352. The minimum atomic E-state index is -3.30. The van der Waals surface area contributed by atoms with Crippen molar-refractivity contribution in [3.05, 3.63) is 0 Å². The Kier molecular flexibility index (Phi) is 3.70. The average molecular weight is 276 g/mol. The van der Waals surface area contributed by atoms with Crippen LogP contribution in [-0.4, -0.2) is 67.5 Å². The van der Waals surface area contributed by atoms with Crippen LogP contribution in [-0.2, 0) is 19.1 Å². The molecule has 19 heavy (non-hydrogen) atoms. The molecule has 1 unspecified atom stereocenters. The number of hydrogen-bond acceptors (Lipinski definition) is 8. The van der Waals surface area contributed by atoms with E-state index < -0.39 is 47.0 Å². The number of ether oxygens (including phenoxy) is 1. The second-order valence-electron chi connectivity index (χ2n) is 4.62. The number of hydrogen-bond donors (Lipinski definition) is 4. The van der Waals surface area contributed by atoms with Crippen LogP contribution in [0.4, 0.5) is 0 Å². The molecule has 0 aliphatic carbocycles. The quantitative estimate of drug-likeness (QED) is 0.436. The minimum Gasteiger partial charge on any atom is -0.387 e. The third kappa shape index (κ3) is 1.68. The van der Waals surface area contributed by atoms with Crippen LogP contribution in [0.2, 0.25) is 0 Å². The molecule has 0 radical (unpaired) electrons. The van der Waals surface area contributed by atoms with Crippen molar-refractivity contribution in [2.24, 2.45) is 0 Å². The van der Waals surface area contributed by atoms with Gasteiger partial charge in [0.2, 0.25) is 5.60 Å². The summed E-state index contributed by atoms with van der Waals surface area (Å²) in [6, 6.07) is 0. The standard InChI is InChI=1S/C11H16O8/c1-5(12)9(16)8(15)4-19-11(18,7(3)14)10(9,17)6(2)13/h8,15-18H,4H2,1-3H3/t8-,9+,10+,11?/m1/s1. The summed E-state index contributed by atoms with van der Waals surface area (Å²) in [7, 11) is 0. The van der Waals surface area contributed by atoms with E-state index in [0.717, 1.165) is 20.8 Å². The molecule has 0 aromatic carbocycles. The van der Waals surface area contributed by atoms with Crippen molar-refractivity contribution >= 4 is 17.3 Å². The molecule has 1 aliphatic heterocycles. The van der Waals surface area contributed by atoms with Crippen LogP contribution in [0.5, 0.6) is 0 Å². The first-order valence-corrected chi connectivity index (χ1v) is 5.48. The molecular formula is C11H16O8. The molecule has 0 saturated carbocycles. The maximum absolute atomic E-state index is 11.6. The molecular weight excluding hydrogens is 260 g/mol. The molecule has 1 rings (SSSR count). The molecule has 0 aromatic rings. The van der Waals surface area contributed by atoms with Gasteiger partial charge in [0.1, 0.15) is 6.10 Å². The molecule has 4 N–H and O–H groups in total. The maximum atomic E-state index is 11.6. The number of rotatable bonds is 3. The van der Waals surface area contributed by atoms with E-state index >= 15 is 0 Å². The number of aliphatic hydroxyl groups is 4. The molecule has 1 heterocycles. The predicted octanol–water partition coefficient (Wildman–Crippen LogP) is -2.70. The molecule has 8 nitrogen and oxygen atoms in total. The molecule has 0 spiro atoms. The zero-order chi connectivity index (χ0) is 15.2. The summed E-state index contributed by atoms with van der Waals surface area (Å²) in [5, 5.41) is 40.3. The number of carbonyl (C=O) groups excluding carboxylic acids is 3. The Bertz CT molecular complexity index is 446. The molecule has 1 saturated heterocycles. The number of aliphatic hydroxyl groups excluding tert-OH is 1. The topological polar surface area (TPSA) is 141 Å². The Labute approximate surface area is 108 Å². The van der Waals surface area contributed by atoms with Crippen molar-refractivity contribution < 1.29 is 39.5 Å². The van der Waals surface area contributed by atoms with Gasteiger partial charge in [-0.2, -0.15) is 0 Å². The molecule has 8 heteroatoms. The second kappa shape index (κ2) is 4.43. The summed E-state index contributed by atoms with van der Waals surface area (Å²) >= 11 is 0. The van der Waals surface area contributed by atoms with Gasteiger partial charge >= 0.3 is 0 Å². The monoisotopic (exact) mass is 276 g/mol. The Balaban J connectivity index is 3.65. The Morgan fingerprint density at radius 3 is 1.79 bits per heavy atom. The third-order valence-electron chi connectivity index (χ3n) is 3.50. The highest BCUT2D eigenvalue weighted by molar-refractivity contribution is 6.04. The Hall–Kier alpha value is -1.19. The van der Waals surface area contributed by atoms with Crippen LogP contribution >= 0.6 is 0 Å². The molecule has 0 amide bonds. The van der Waals surface area contributed by atoms with Gasteiger partial charge in [-0.05, 0) is 13.8 Å². The SMILES string of the molecule is CC(=O)C1(O)OC[C@@H](O)[C@@](O)(C(C)=O)[C@@]1(O)C(C)=O. The fraction of sp³-hybridized carbons (Fsp3) is 0.727. The Morgan fingerprint density at radius 1 is 1.00 bits per heavy atom. The van der Waals surface area contributed by atoms with Gasteiger partial charge in [0.15, 0.2) is 23.0 Å². The first-order valence-electron chi connectivity index (χ1n) is 5.48. The molecule has 4 atom stereocenters. The second-order valence-corrected chi connectivity index (χ2v) is 4.62. The normalized spacial score (nSPS) is 42.8. The van der Waals surface area contributed by atoms with Gasteiger partial charge in [-0.25, -0.2) is 0 Å². The summed E-state index contributed by atoms with van der Waals surface area (Å²) in [5.74, 6) is -6.77. The summed E-state index contributed by atoms with van der Waals surface area (Å²) < 4.78 is 4.63. The predicted molar refractivity (Wildman–Crippen MR) is 58.9 cm³/mol. The van der Waals surface area contributed by atoms with E-state index in [2.05, 4.69) is 4.74 Å². The fourth-order valence-corrected chi connectivity index (χ4v) is 2.28. The number of Topliss-reactive ketones (excluding diaryl/α,β-unsaturated/α-hetero) is 3. The van der Waals surface area contributed by atoms with Crippen molar-refractivity contribution in [3.8, 4) is 0 Å². The van der Waals surface area contributed by atoms with Crippen LogP contribution < -0.4 is 0 Å². The first kappa shape index (κ1) is 15.9. The van der Waals surface area contributed by atoms with Crippen molar-refractivity contribution in [1.29, 1.82) is 0 Å². The summed E-state index contributed by atoms with van der Waals surface area (Å²) in [5.41, 5.74) is -6.34. The van der Waals surface area contributed by atoms with E-state index in [-0.39, 0.29) is 0 Å². The maximum Gasteiger partial charge on any atom is 0.267 e. The van der Waals surface area contributed by atoms with Gasteiger partial charge in [-0.3, -0.25) is 14.4 Å². The number of carbonyl (C=O) groups is 3. The summed E-state index contributed by atoms with van der Waals surface area (Å²) in [6.45, 7) is 1.57. The van der Waals surface area contributed by atoms with Crippen molar-refractivity contribution in [3.63, 3.8) is 0 Å². The minimum absolute atomic E-state index is 0.753. The van der Waals surface area contributed by atoms with Gasteiger partial charge in [0, 0.05) is 6.92 Å². The smallest absolute Gasteiger partial charge is 0.267 e. The summed E-state index contributed by atoms with van der Waals surface area (Å²) in [4.78, 5) is 34.7. The van der Waals surface area contributed by atoms with Crippen LogP contribution in [0.3, 0.4) is 0 Å². The van der Waals surface area contributed by atoms with Crippen LogP contribution in [0.15, 0.2) is 0 Å². The summed E-state index contributed by atoms with van der Waals surface area (Å²) in [6.07, 6.45) is -1.97. The van der Waals surface area contributed by atoms with E-state index in [1.165, 1.54) is 0 Å². The fourth-order valence-electron chi connectivity index (χ4n) is 2.28. The van der Waals surface area contributed by atoms with Crippen molar-refractivity contribution in [2.45, 2.75) is 43.9 Å². The average Bonchev–Trinajstić information content (AvgIpc) is 2.30. The van der Waals surface area contributed by atoms with Crippen LogP contribution in [0.1, 0.15) is 20.8 Å². The van der Waals surface area contributed by atoms with E-state index in [4.69, 9.17) is 0 Å². The highest BCUT2D eigenvalue weighted by atomic mass is 16.7. The van der Waals surface area contributed by atoms with Crippen LogP contribution in [0, 0.1) is 0 Å². The van der Waals surface area contributed by atoms with Crippen molar-refractivity contribution in [1.82, 2.24) is 0 Å². The lowest BCUT2D eigenvalue weighted by Crippen LogP contribution is -2.83. The lowest BCUT2D eigenvalue weighted by atomic mass is 9.66. The van der Waals surface area contributed by atoms with Crippen molar-refractivity contribution in [2.75, 3.05) is 6.61 Å².